The SMILES string of the molecule is Cc1cc(F)ccc1C(=O)Cc1cccc(Cl)c1F. The maximum Gasteiger partial charge on any atom is 0.167 e. The van der Waals surface area contributed by atoms with E-state index in [1.54, 1.807) is 13.0 Å². The molecule has 0 saturated heterocycles. The van der Waals surface area contributed by atoms with Gasteiger partial charge in [0.1, 0.15) is 11.6 Å². The maximum absolute atomic E-state index is 13.7. The first kappa shape index (κ1) is 13.7. The number of halogens is 3. The molecule has 4 heteroatoms. The van der Waals surface area contributed by atoms with Gasteiger partial charge in [-0.25, -0.2) is 8.78 Å². The standard InChI is InChI=1S/C15H11ClF2O/c1-9-7-11(17)5-6-12(9)14(19)8-10-3-2-4-13(16)15(10)18/h2-7H,8H2,1H3. The molecule has 98 valence electrons. The van der Waals surface area contributed by atoms with Gasteiger partial charge in [-0.2, -0.15) is 0 Å². The van der Waals surface area contributed by atoms with E-state index >= 15 is 0 Å². The van der Waals surface area contributed by atoms with E-state index in [9.17, 15) is 13.6 Å². The van der Waals surface area contributed by atoms with Crippen molar-refractivity contribution >= 4 is 17.4 Å². The number of aryl methyl sites for hydroxylation is 1. The van der Waals surface area contributed by atoms with E-state index in [0.29, 0.717) is 11.1 Å². The highest BCUT2D eigenvalue weighted by Crippen LogP contribution is 2.20. The van der Waals surface area contributed by atoms with Gasteiger partial charge in [-0.15, -0.1) is 0 Å². The molecule has 19 heavy (non-hydrogen) atoms. The van der Waals surface area contributed by atoms with Crippen LogP contribution in [0.15, 0.2) is 36.4 Å². The summed E-state index contributed by atoms with van der Waals surface area (Å²) in [4.78, 5) is 12.1. The molecule has 0 saturated carbocycles. The number of carbonyl (C=O) groups is 1. The minimum Gasteiger partial charge on any atom is -0.294 e. The molecule has 0 unspecified atom stereocenters. The van der Waals surface area contributed by atoms with Crippen LogP contribution in [0.2, 0.25) is 5.02 Å². The summed E-state index contributed by atoms with van der Waals surface area (Å²) in [6.07, 6.45) is -0.0983. The van der Waals surface area contributed by atoms with E-state index in [2.05, 4.69) is 0 Å². The topological polar surface area (TPSA) is 17.1 Å². The van der Waals surface area contributed by atoms with Crippen LogP contribution in [-0.2, 0) is 6.42 Å². The molecule has 0 spiro atoms. The van der Waals surface area contributed by atoms with Crippen molar-refractivity contribution in [3.63, 3.8) is 0 Å². The predicted octanol–water partition coefficient (Wildman–Crippen LogP) is 4.35. The van der Waals surface area contributed by atoms with Gasteiger partial charge in [0, 0.05) is 12.0 Å². The van der Waals surface area contributed by atoms with Gasteiger partial charge in [-0.1, -0.05) is 23.7 Å². The Morgan fingerprint density at radius 1 is 1.21 bits per heavy atom. The third-order valence-electron chi connectivity index (χ3n) is 2.87. The van der Waals surface area contributed by atoms with Crippen LogP contribution >= 0.6 is 11.6 Å². The normalized spacial score (nSPS) is 10.5. The van der Waals surface area contributed by atoms with Gasteiger partial charge in [0.25, 0.3) is 0 Å². The van der Waals surface area contributed by atoms with Gasteiger partial charge in [-0.3, -0.25) is 4.79 Å². The Morgan fingerprint density at radius 3 is 2.63 bits per heavy atom. The third-order valence-corrected chi connectivity index (χ3v) is 3.16. The van der Waals surface area contributed by atoms with Crippen molar-refractivity contribution in [3.05, 3.63) is 69.7 Å². The first-order valence-corrected chi connectivity index (χ1v) is 6.09. The molecule has 0 fully saturated rings. The van der Waals surface area contributed by atoms with Crippen molar-refractivity contribution < 1.29 is 13.6 Å². The number of benzene rings is 2. The Balaban J connectivity index is 2.28. The Hall–Kier alpha value is -1.74. The molecule has 2 aromatic carbocycles. The number of ketones is 1. The summed E-state index contributed by atoms with van der Waals surface area (Å²) in [6.45, 7) is 1.64. The van der Waals surface area contributed by atoms with E-state index in [1.807, 2.05) is 0 Å². The number of carbonyl (C=O) groups excluding carboxylic acids is 1. The molecule has 0 aliphatic rings. The molecule has 0 aliphatic heterocycles. The Kier molecular flexibility index (Phi) is 3.96. The zero-order valence-corrected chi connectivity index (χ0v) is 11.0. The van der Waals surface area contributed by atoms with E-state index in [0.717, 1.165) is 0 Å². The summed E-state index contributed by atoms with van der Waals surface area (Å²) in [6, 6.07) is 8.43. The van der Waals surface area contributed by atoms with Gasteiger partial charge < -0.3 is 0 Å². The molecule has 0 bridgehead atoms. The number of hydrogen-bond acceptors (Lipinski definition) is 1. The highest BCUT2D eigenvalue weighted by atomic mass is 35.5. The number of Topliss-reactive ketones (excluding diaryl/α,β-unsaturated/α-hetero) is 1. The smallest absolute Gasteiger partial charge is 0.167 e. The molecular formula is C15H11ClF2O. The molecule has 0 N–H and O–H groups in total. The van der Waals surface area contributed by atoms with Crippen LogP contribution in [0.3, 0.4) is 0 Å². The largest absolute Gasteiger partial charge is 0.294 e. The van der Waals surface area contributed by atoms with Crippen LogP contribution in [0.5, 0.6) is 0 Å². The number of rotatable bonds is 3. The van der Waals surface area contributed by atoms with Crippen LogP contribution in [-0.4, -0.2) is 5.78 Å². The second-order valence-corrected chi connectivity index (χ2v) is 4.68. The molecule has 1 nitrogen and oxygen atoms in total. The van der Waals surface area contributed by atoms with Crippen molar-refractivity contribution in [1.29, 1.82) is 0 Å². The van der Waals surface area contributed by atoms with Gasteiger partial charge in [0.05, 0.1) is 5.02 Å². The van der Waals surface area contributed by atoms with Gasteiger partial charge in [-0.05, 0) is 42.3 Å². The van der Waals surface area contributed by atoms with Crippen LogP contribution in [0.1, 0.15) is 21.5 Å². The second-order valence-electron chi connectivity index (χ2n) is 4.27. The summed E-state index contributed by atoms with van der Waals surface area (Å²) in [5.41, 5.74) is 1.16. The molecule has 0 heterocycles. The lowest BCUT2D eigenvalue weighted by Gasteiger charge is -2.07. The summed E-state index contributed by atoms with van der Waals surface area (Å²) in [7, 11) is 0. The lowest BCUT2D eigenvalue weighted by atomic mass is 9.99. The highest BCUT2D eigenvalue weighted by Gasteiger charge is 2.14. The van der Waals surface area contributed by atoms with Crippen molar-refractivity contribution in [3.8, 4) is 0 Å². The third kappa shape index (κ3) is 2.99. The second kappa shape index (κ2) is 5.49. The molecule has 0 amide bonds. The van der Waals surface area contributed by atoms with E-state index in [4.69, 9.17) is 11.6 Å². The Labute approximate surface area is 114 Å². The zero-order chi connectivity index (χ0) is 14.0. The molecule has 0 aliphatic carbocycles. The zero-order valence-electron chi connectivity index (χ0n) is 10.2. The molecule has 2 rings (SSSR count). The Bertz CT molecular complexity index is 638. The minimum absolute atomic E-state index is 0.0128. The first-order valence-electron chi connectivity index (χ1n) is 5.71. The summed E-state index contributed by atoms with van der Waals surface area (Å²) in [5, 5.41) is -0.0128. The number of hydrogen-bond donors (Lipinski definition) is 0. The van der Waals surface area contributed by atoms with Crippen LogP contribution in [0.4, 0.5) is 8.78 Å². The molecule has 0 atom stereocenters. The summed E-state index contributed by atoms with van der Waals surface area (Å²) >= 11 is 5.66. The molecule has 2 aromatic rings. The van der Waals surface area contributed by atoms with E-state index in [1.165, 1.54) is 30.3 Å². The summed E-state index contributed by atoms with van der Waals surface area (Å²) < 4.78 is 26.7. The van der Waals surface area contributed by atoms with E-state index < -0.39 is 11.6 Å². The van der Waals surface area contributed by atoms with Crippen LogP contribution in [0, 0.1) is 18.6 Å². The molecule has 0 aromatic heterocycles. The van der Waals surface area contributed by atoms with Gasteiger partial charge in [0.15, 0.2) is 5.78 Å². The summed E-state index contributed by atoms with van der Waals surface area (Å²) in [5.74, 6) is -1.25. The van der Waals surface area contributed by atoms with Crippen LogP contribution in [0.25, 0.3) is 0 Å². The fourth-order valence-electron chi connectivity index (χ4n) is 1.89. The van der Waals surface area contributed by atoms with Crippen LogP contribution < -0.4 is 0 Å². The van der Waals surface area contributed by atoms with Crippen molar-refractivity contribution in [2.45, 2.75) is 13.3 Å². The average molecular weight is 281 g/mol. The fraction of sp³-hybridized carbons (Fsp3) is 0.133. The monoisotopic (exact) mass is 280 g/mol. The van der Waals surface area contributed by atoms with Gasteiger partial charge in [0.2, 0.25) is 0 Å². The van der Waals surface area contributed by atoms with E-state index in [-0.39, 0.29) is 22.8 Å². The lowest BCUT2D eigenvalue weighted by Crippen LogP contribution is -2.07. The lowest BCUT2D eigenvalue weighted by molar-refractivity contribution is 0.0991. The van der Waals surface area contributed by atoms with Crippen molar-refractivity contribution in [1.82, 2.24) is 0 Å². The fourth-order valence-corrected chi connectivity index (χ4v) is 2.09. The maximum atomic E-state index is 13.7. The molecule has 0 radical (unpaired) electrons. The molecular weight excluding hydrogens is 270 g/mol. The van der Waals surface area contributed by atoms with Crippen molar-refractivity contribution in [2.75, 3.05) is 0 Å². The predicted molar refractivity (Wildman–Crippen MR) is 70.6 cm³/mol. The van der Waals surface area contributed by atoms with Gasteiger partial charge >= 0.3 is 0 Å². The first-order chi connectivity index (χ1) is 8.99. The minimum atomic E-state index is -0.586. The quantitative estimate of drug-likeness (QED) is 0.764. The van der Waals surface area contributed by atoms with Crippen molar-refractivity contribution in [2.24, 2.45) is 0 Å². The Morgan fingerprint density at radius 2 is 1.95 bits per heavy atom. The highest BCUT2D eigenvalue weighted by molar-refractivity contribution is 6.30. The average Bonchev–Trinajstić information content (AvgIpc) is 2.34.